The molecule has 0 heterocycles. The molecule has 0 aliphatic heterocycles. The van der Waals surface area contributed by atoms with Crippen LogP contribution < -0.4 is 5.73 Å². The highest BCUT2D eigenvalue weighted by molar-refractivity contribution is 5.64. The molecule has 16 heavy (non-hydrogen) atoms. The molecule has 0 bridgehead atoms. The maximum absolute atomic E-state index is 5.65. The van der Waals surface area contributed by atoms with E-state index in [-0.39, 0.29) is 0 Å². The maximum Gasteiger partial charge on any atom is 0.0247 e. The molecule has 0 aromatic carbocycles. The van der Waals surface area contributed by atoms with Gasteiger partial charge in [-0.05, 0) is 48.6 Å². The van der Waals surface area contributed by atoms with E-state index in [9.17, 15) is 0 Å². The van der Waals surface area contributed by atoms with Crippen LogP contribution in [0.25, 0.3) is 0 Å². The Balaban J connectivity index is 3.31. The Morgan fingerprint density at radius 3 is 2.50 bits per heavy atom. The lowest BCUT2D eigenvalue weighted by atomic mass is 10.0. The molecular weight excluding hydrogens is 194 g/mol. The van der Waals surface area contributed by atoms with Crippen LogP contribution in [0.15, 0.2) is 71.5 Å². The zero-order chi connectivity index (χ0) is 12.1. The van der Waals surface area contributed by atoms with Crippen molar-refractivity contribution in [2.75, 3.05) is 0 Å². The van der Waals surface area contributed by atoms with Crippen molar-refractivity contribution in [1.29, 1.82) is 0 Å². The molecule has 0 unspecified atom stereocenters. The number of rotatable bonds is 3. The van der Waals surface area contributed by atoms with Crippen LogP contribution in [-0.4, -0.2) is 0 Å². The van der Waals surface area contributed by atoms with Gasteiger partial charge < -0.3 is 5.73 Å². The Bertz CT molecular complexity index is 428. The fourth-order valence-corrected chi connectivity index (χ4v) is 1.95. The van der Waals surface area contributed by atoms with Crippen molar-refractivity contribution in [2.24, 2.45) is 5.73 Å². The third-order valence-electron chi connectivity index (χ3n) is 2.61. The smallest absolute Gasteiger partial charge is 0.0247 e. The monoisotopic (exact) mass is 213 g/mol. The van der Waals surface area contributed by atoms with E-state index in [1.54, 1.807) is 0 Å². The minimum atomic E-state index is 0.579. The van der Waals surface area contributed by atoms with E-state index in [2.05, 4.69) is 25.3 Å². The lowest BCUT2D eigenvalue weighted by Crippen LogP contribution is -1.93. The van der Waals surface area contributed by atoms with Gasteiger partial charge in [0.25, 0.3) is 0 Å². The molecule has 1 heteroatoms. The second kappa shape index (κ2) is 5.36. The maximum atomic E-state index is 5.65. The Morgan fingerprint density at radius 1 is 1.38 bits per heavy atom. The van der Waals surface area contributed by atoms with Crippen LogP contribution in [0.3, 0.4) is 0 Å². The van der Waals surface area contributed by atoms with E-state index in [1.807, 2.05) is 32.1 Å². The second-order valence-corrected chi connectivity index (χ2v) is 3.77. The Hall–Kier alpha value is -1.76. The van der Waals surface area contributed by atoms with Gasteiger partial charge in [-0.1, -0.05) is 37.5 Å². The van der Waals surface area contributed by atoms with Gasteiger partial charge in [0.1, 0.15) is 0 Å². The average Bonchev–Trinajstić information content (AvgIpc) is 2.55. The van der Waals surface area contributed by atoms with Gasteiger partial charge in [0.05, 0.1) is 0 Å². The highest BCUT2D eigenvalue weighted by atomic mass is 14.5. The highest BCUT2D eigenvalue weighted by Gasteiger charge is 2.19. The van der Waals surface area contributed by atoms with Gasteiger partial charge in [-0.25, -0.2) is 0 Å². The number of allylic oxidation sites excluding steroid dienone is 9. The lowest BCUT2D eigenvalue weighted by molar-refractivity contribution is 1.23. The van der Waals surface area contributed by atoms with Gasteiger partial charge in [0, 0.05) is 5.70 Å². The quantitative estimate of drug-likeness (QED) is 0.758. The molecule has 0 spiro atoms. The third-order valence-corrected chi connectivity index (χ3v) is 2.61. The molecule has 0 amide bonds. The predicted octanol–water partition coefficient (Wildman–Crippen LogP) is 3.79. The van der Waals surface area contributed by atoms with Crippen molar-refractivity contribution in [3.8, 4) is 0 Å². The highest BCUT2D eigenvalue weighted by Crippen LogP contribution is 2.37. The lowest BCUT2D eigenvalue weighted by Gasteiger charge is -2.03. The van der Waals surface area contributed by atoms with E-state index in [0.29, 0.717) is 5.70 Å². The van der Waals surface area contributed by atoms with Crippen molar-refractivity contribution in [3.05, 3.63) is 71.5 Å². The molecular formula is C15H19N. The second-order valence-electron chi connectivity index (χ2n) is 3.77. The Labute approximate surface area is 98.0 Å². The molecule has 0 aromatic rings. The summed E-state index contributed by atoms with van der Waals surface area (Å²) in [6.07, 6.45) is 11.0. The Kier molecular flexibility index (Phi) is 4.12. The first-order valence-electron chi connectivity index (χ1n) is 5.44. The number of hydrogen-bond acceptors (Lipinski definition) is 1. The summed E-state index contributed by atoms with van der Waals surface area (Å²) in [5.74, 6) is 0. The van der Waals surface area contributed by atoms with Gasteiger partial charge in [0.15, 0.2) is 0 Å². The van der Waals surface area contributed by atoms with E-state index >= 15 is 0 Å². The molecule has 1 aliphatic carbocycles. The van der Waals surface area contributed by atoms with Crippen molar-refractivity contribution >= 4 is 0 Å². The van der Waals surface area contributed by atoms with Crippen molar-refractivity contribution in [2.45, 2.75) is 20.3 Å². The van der Waals surface area contributed by atoms with Crippen LogP contribution in [0.2, 0.25) is 0 Å². The summed E-state index contributed by atoms with van der Waals surface area (Å²) < 4.78 is 0. The molecule has 0 saturated heterocycles. The van der Waals surface area contributed by atoms with Crippen molar-refractivity contribution < 1.29 is 0 Å². The summed E-state index contributed by atoms with van der Waals surface area (Å²) in [4.78, 5) is 0. The van der Waals surface area contributed by atoms with Gasteiger partial charge in [0.2, 0.25) is 0 Å². The van der Waals surface area contributed by atoms with Crippen LogP contribution in [0, 0.1) is 0 Å². The van der Waals surface area contributed by atoms with Crippen LogP contribution >= 0.6 is 0 Å². The van der Waals surface area contributed by atoms with Gasteiger partial charge in [-0.2, -0.15) is 0 Å². The summed E-state index contributed by atoms with van der Waals surface area (Å²) in [5.41, 5.74) is 11.1. The van der Waals surface area contributed by atoms with Crippen LogP contribution in [0.1, 0.15) is 20.3 Å². The fourth-order valence-electron chi connectivity index (χ4n) is 1.95. The first-order chi connectivity index (χ1) is 7.63. The minimum absolute atomic E-state index is 0.579. The molecule has 1 aliphatic rings. The van der Waals surface area contributed by atoms with Crippen molar-refractivity contribution in [1.82, 2.24) is 0 Å². The minimum Gasteiger partial charge on any atom is -0.399 e. The van der Waals surface area contributed by atoms with E-state index in [0.717, 1.165) is 17.6 Å². The molecule has 0 saturated carbocycles. The topological polar surface area (TPSA) is 26.0 Å². The molecule has 1 rings (SSSR count). The molecule has 84 valence electrons. The number of hydrogen-bond donors (Lipinski definition) is 1. The zero-order valence-corrected chi connectivity index (χ0v) is 10.1. The van der Waals surface area contributed by atoms with Crippen molar-refractivity contribution in [3.63, 3.8) is 0 Å². The first kappa shape index (κ1) is 12.3. The molecule has 0 atom stereocenters. The summed E-state index contributed by atoms with van der Waals surface area (Å²) in [6, 6.07) is 0. The predicted molar refractivity (Wildman–Crippen MR) is 71.8 cm³/mol. The van der Waals surface area contributed by atoms with Crippen LogP contribution in [0.4, 0.5) is 0 Å². The van der Waals surface area contributed by atoms with Gasteiger partial charge >= 0.3 is 0 Å². The number of nitrogens with two attached hydrogens (primary N) is 1. The standard InChI is InChI=1S/C15H19N/c1-5-8-13-10-12(6-2)15(9-11(4)16)14(13)7-3/h5-9H,3-4,10,16H2,1-2H3/b8-5-,12-6-,15-9+. The molecule has 0 fully saturated rings. The largest absolute Gasteiger partial charge is 0.399 e. The third kappa shape index (κ3) is 2.43. The van der Waals surface area contributed by atoms with E-state index in [4.69, 9.17) is 5.73 Å². The summed E-state index contributed by atoms with van der Waals surface area (Å²) >= 11 is 0. The molecule has 0 radical (unpaired) electrons. The van der Waals surface area contributed by atoms with Crippen LogP contribution in [-0.2, 0) is 0 Å². The first-order valence-corrected chi connectivity index (χ1v) is 5.44. The molecule has 1 nitrogen and oxygen atoms in total. The molecule has 2 N–H and O–H groups in total. The van der Waals surface area contributed by atoms with E-state index < -0.39 is 0 Å². The zero-order valence-electron chi connectivity index (χ0n) is 10.1. The summed E-state index contributed by atoms with van der Waals surface area (Å²) in [5, 5.41) is 0. The van der Waals surface area contributed by atoms with E-state index in [1.165, 1.54) is 11.1 Å². The Morgan fingerprint density at radius 2 is 2.06 bits per heavy atom. The van der Waals surface area contributed by atoms with Gasteiger partial charge in [-0.15, -0.1) is 0 Å². The van der Waals surface area contributed by atoms with Crippen LogP contribution in [0.5, 0.6) is 0 Å². The average molecular weight is 213 g/mol. The fraction of sp³-hybridized carbons (Fsp3) is 0.200. The summed E-state index contributed by atoms with van der Waals surface area (Å²) in [7, 11) is 0. The molecule has 0 aromatic heterocycles. The normalized spacial score (nSPS) is 21.4. The SMILES string of the molecule is C=CC1=C(/C=C\C)CC(=C/C)/C1=C\C(=C)N. The summed E-state index contributed by atoms with van der Waals surface area (Å²) in [6.45, 7) is 11.7. The van der Waals surface area contributed by atoms with Gasteiger partial charge in [-0.3, -0.25) is 0 Å².